The fraction of sp³-hybridized carbons (Fsp3) is 0.444. The highest BCUT2D eigenvalue weighted by Gasteiger charge is 2.22. The number of carbonyl (C=O) groups excluding carboxylic acids is 2. The van der Waals surface area contributed by atoms with E-state index < -0.39 is 17.9 Å². The molecule has 8 heteroatoms. The quantitative estimate of drug-likeness (QED) is 0.461. The molecule has 1 rings (SSSR count). The first-order valence-corrected chi connectivity index (χ1v) is 5.79. The van der Waals surface area contributed by atoms with Gasteiger partial charge in [-0.1, -0.05) is 11.3 Å². The van der Waals surface area contributed by atoms with E-state index in [1.807, 2.05) is 0 Å². The number of amides is 1. The maximum absolute atomic E-state index is 11.4. The Morgan fingerprint density at radius 3 is 2.88 bits per heavy atom. The molecule has 0 radical (unpaired) electrons. The lowest BCUT2D eigenvalue weighted by atomic mass is 10.3. The Bertz CT molecular complexity index is 453. The lowest BCUT2D eigenvalue weighted by Gasteiger charge is -2.10. The van der Waals surface area contributed by atoms with Crippen molar-refractivity contribution >= 4 is 23.2 Å². The molecule has 1 atom stereocenters. The summed E-state index contributed by atoms with van der Waals surface area (Å²) in [6.45, 7) is 1.90. The number of thiazole rings is 1. The van der Waals surface area contributed by atoms with Gasteiger partial charge in [0.2, 0.25) is 5.91 Å². The number of aromatic amines is 1. The van der Waals surface area contributed by atoms with Gasteiger partial charge >= 0.3 is 10.8 Å². The molecule has 7 nitrogen and oxygen atoms in total. The average molecular weight is 259 g/mol. The van der Waals surface area contributed by atoms with Crippen LogP contribution in [0, 0.1) is 0 Å². The smallest absolute Gasteiger partial charge is 0.332 e. The first-order chi connectivity index (χ1) is 8.04. The standard InChI is InChI=1S/C9H13N3O4S/c1-2-16-8(14)6(10)7(13)11-3-5-4-17-9(15)12-5/h4,6H,2-3,10H2,1H3,(H,11,13)(H,12,15). The van der Waals surface area contributed by atoms with Gasteiger partial charge in [-0.3, -0.25) is 9.59 Å². The Labute approximate surface area is 101 Å². The molecule has 0 bridgehead atoms. The SMILES string of the molecule is CCOC(=O)C(N)C(=O)NCc1csc(=O)[nH]1. The van der Waals surface area contributed by atoms with Gasteiger partial charge in [-0.05, 0) is 6.92 Å². The van der Waals surface area contributed by atoms with Gasteiger partial charge in [-0.2, -0.15) is 0 Å². The van der Waals surface area contributed by atoms with E-state index in [9.17, 15) is 14.4 Å². The molecule has 4 N–H and O–H groups in total. The molecule has 94 valence electrons. The number of nitrogens with two attached hydrogens (primary N) is 1. The van der Waals surface area contributed by atoms with Crippen molar-refractivity contribution in [2.75, 3.05) is 6.61 Å². The number of nitrogens with one attached hydrogen (secondary N) is 2. The van der Waals surface area contributed by atoms with Gasteiger partial charge < -0.3 is 20.8 Å². The van der Waals surface area contributed by atoms with Crippen molar-refractivity contribution in [3.8, 4) is 0 Å². The van der Waals surface area contributed by atoms with Gasteiger partial charge in [-0.15, -0.1) is 0 Å². The largest absolute Gasteiger partial charge is 0.464 e. The van der Waals surface area contributed by atoms with Crippen LogP contribution in [0.25, 0.3) is 0 Å². The molecule has 1 unspecified atom stereocenters. The van der Waals surface area contributed by atoms with Crippen LogP contribution in [0.4, 0.5) is 0 Å². The van der Waals surface area contributed by atoms with E-state index in [-0.39, 0.29) is 18.0 Å². The predicted molar refractivity (Wildman–Crippen MR) is 61.4 cm³/mol. The first-order valence-electron chi connectivity index (χ1n) is 4.91. The minimum absolute atomic E-state index is 0.116. The summed E-state index contributed by atoms with van der Waals surface area (Å²) in [6, 6.07) is -1.35. The van der Waals surface area contributed by atoms with E-state index in [1.165, 1.54) is 0 Å². The third kappa shape index (κ3) is 4.00. The normalized spacial score (nSPS) is 11.9. The van der Waals surface area contributed by atoms with E-state index in [4.69, 9.17) is 5.73 Å². The molecule has 0 aliphatic carbocycles. The molecule has 1 aromatic rings. The maximum atomic E-state index is 11.4. The second-order valence-corrected chi connectivity index (χ2v) is 3.96. The summed E-state index contributed by atoms with van der Waals surface area (Å²) in [7, 11) is 0. The zero-order valence-electron chi connectivity index (χ0n) is 9.19. The van der Waals surface area contributed by atoms with Crippen LogP contribution in [0.5, 0.6) is 0 Å². The van der Waals surface area contributed by atoms with E-state index >= 15 is 0 Å². The number of ether oxygens (including phenoxy) is 1. The van der Waals surface area contributed by atoms with Crippen LogP contribution < -0.4 is 15.9 Å². The van der Waals surface area contributed by atoms with Gasteiger partial charge in [0.15, 0.2) is 6.04 Å². The monoisotopic (exact) mass is 259 g/mol. The number of rotatable bonds is 5. The number of carbonyl (C=O) groups is 2. The third-order valence-corrected chi connectivity index (χ3v) is 2.57. The Hall–Kier alpha value is -1.67. The lowest BCUT2D eigenvalue weighted by molar-refractivity contribution is -0.148. The highest BCUT2D eigenvalue weighted by Crippen LogP contribution is 1.95. The van der Waals surface area contributed by atoms with Crippen molar-refractivity contribution in [1.29, 1.82) is 0 Å². The van der Waals surface area contributed by atoms with Gasteiger partial charge in [-0.25, -0.2) is 4.79 Å². The van der Waals surface area contributed by atoms with Crippen LogP contribution in [-0.2, 0) is 20.9 Å². The van der Waals surface area contributed by atoms with Crippen LogP contribution in [0.1, 0.15) is 12.6 Å². The Morgan fingerprint density at radius 2 is 2.35 bits per heavy atom. The Morgan fingerprint density at radius 1 is 1.65 bits per heavy atom. The summed E-state index contributed by atoms with van der Waals surface area (Å²) in [5.74, 6) is -1.42. The molecule has 1 amide bonds. The van der Waals surface area contributed by atoms with E-state index in [1.54, 1.807) is 12.3 Å². The minimum Gasteiger partial charge on any atom is -0.464 e. The molecular weight excluding hydrogens is 246 g/mol. The summed E-state index contributed by atoms with van der Waals surface area (Å²) in [4.78, 5) is 35.7. The van der Waals surface area contributed by atoms with E-state index in [0.717, 1.165) is 11.3 Å². The highest BCUT2D eigenvalue weighted by atomic mass is 32.1. The fourth-order valence-electron chi connectivity index (χ4n) is 1.03. The van der Waals surface area contributed by atoms with Gasteiger partial charge in [0.1, 0.15) is 0 Å². The summed E-state index contributed by atoms with van der Waals surface area (Å²) >= 11 is 0.994. The number of H-pyrrole nitrogens is 1. The van der Waals surface area contributed by atoms with Crippen LogP contribution in [0.15, 0.2) is 10.2 Å². The first kappa shape index (κ1) is 13.4. The van der Waals surface area contributed by atoms with Crippen molar-refractivity contribution in [1.82, 2.24) is 10.3 Å². The molecule has 0 fully saturated rings. The second kappa shape index (κ2) is 6.16. The summed E-state index contributed by atoms with van der Waals surface area (Å²) in [6.07, 6.45) is 0. The van der Waals surface area contributed by atoms with Crippen molar-refractivity contribution in [3.63, 3.8) is 0 Å². The zero-order chi connectivity index (χ0) is 12.8. The minimum atomic E-state index is -1.35. The van der Waals surface area contributed by atoms with Crippen molar-refractivity contribution < 1.29 is 14.3 Å². The molecule has 0 aliphatic heterocycles. The van der Waals surface area contributed by atoms with Crippen LogP contribution in [0.3, 0.4) is 0 Å². The lowest BCUT2D eigenvalue weighted by Crippen LogP contribution is -2.46. The topological polar surface area (TPSA) is 114 Å². The van der Waals surface area contributed by atoms with Gasteiger partial charge in [0.05, 0.1) is 13.2 Å². The van der Waals surface area contributed by atoms with Gasteiger partial charge in [0.25, 0.3) is 0 Å². The third-order valence-electron chi connectivity index (χ3n) is 1.85. The van der Waals surface area contributed by atoms with Crippen LogP contribution in [-0.4, -0.2) is 29.5 Å². The number of esters is 1. The number of hydrogen-bond donors (Lipinski definition) is 3. The molecule has 0 spiro atoms. The molecular formula is C9H13N3O4S. The van der Waals surface area contributed by atoms with Crippen LogP contribution in [0.2, 0.25) is 0 Å². The van der Waals surface area contributed by atoms with E-state index in [2.05, 4.69) is 15.0 Å². The van der Waals surface area contributed by atoms with Crippen molar-refractivity contribution in [2.24, 2.45) is 5.73 Å². The predicted octanol–water partition coefficient (Wildman–Crippen LogP) is -1.06. The highest BCUT2D eigenvalue weighted by molar-refractivity contribution is 7.07. The van der Waals surface area contributed by atoms with Gasteiger partial charge in [0, 0.05) is 11.1 Å². The summed E-state index contributed by atoms with van der Waals surface area (Å²) < 4.78 is 4.60. The fourth-order valence-corrected chi connectivity index (χ4v) is 1.61. The van der Waals surface area contributed by atoms with E-state index in [0.29, 0.717) is 5.69 Å². The maximum Gasteiger partial charge on any atom is 0.332 e. The average Bonchev–Trinajstić information content (AvgIpc) is 2.71. The Balaban J connectivity index is 2.44. The molecule has 1 aromatic heterocycles. The summed E-state index contributed by atoms with van der Waals surface area (Å²) in [5.41, 5.74) is 5.92. The number of hydrogen-bond acceptors (Lipinski definition) is 6. The molecule has 0 saturated carbocycles. The Kier molecular flexibility index (Phi) is 4.85. The molecule has 1 heterocycles. The molecule has 17 heavy (non-hydrogen) atoms. The van der Waals surface area contributed by atoms with Crippen LogP contribution >= 0.6 is 11.3 Å². The molecule has 0 aromatic carbocycles. The molecule has 0 aliphatic rings. The second-order valence-electron chi connectivity index (χ2n) is 3.12. The zero-order valence-corrected chi connectivity index (χ0v) is 10.0. The number of aromatic nitrogens is 1. The van der Waals surface area contributed by atoms with Crippen molar-refractivity contribution in [2.45, 2.75) is 19.5 Å². The summed E-state index contributed by atoms with van der Waals surface area (Å²) in [5, 5.41) is 4.00. The van der Waals surface area contributed by atoms with Crippen molar-refractivity contribution in [3.05, 3.63) is 20.7 Å². The molecule has 0 saturated heterocycles.